The predicted molar refractivity (Wildman–Crippen MR) is 104 cm³/mol. The summed E-state index contributed by atoms with van der Waals surface area (Å²) in [5.41, 5.74) is 3.45. The Labute approximate surface area is 160 Å². The molecule has 27 heavy (non-hydrogen) atoms. The quantitative estimate of drug-likeness (QED) is 0.795. The van der Waals surface area contributed by atoms with E-state index >= 15 is 0 Å². The molecule has 0 radical (unpaired) electrons. The number of rotatable bonds is 6. The molecular formula is C22H26N2O3. The summed E-state index contributed by atoms with van der Waals surface area (Å²) in [6.45, 7) is 8.37. The number of benzene rings is 1. The van der Waals surface area contributed by atoms with Gasteiger partial charge in [-0.15, -0.1) is 0 Å². The molecule has 3 rings (SSSR count). The van der Waals surface area contributed by atoms with Crippen molar-refractivity contribution in [2.45, 2.75) is 46.5 Å². The van der Waals surface area contributed by atoms with Crippen molar-refractivity contribution in [3.63, 3.8) is 0 Å². The number of aryl methyl sites for hydroxylation is 2. The zero-order valence-corrected chi connectivity index (χ0v) is 16.3. The lowest BCUT2D eigenvalue weighted by atomic mass is 9.73. The van der Waals surface area contributed by atoms with Crippen molar-refractivity contribution in [1.82, 2.24) is 10.3 Å². The number of carbonyl (C=O) groups is 2. The van der Waals surface area contributed by atoms with Crippen LogP contribution in [-0.2, 0) is 16.0 Å². The van der Waals surface area contributed by atoms with Crippen molar-refractivity contribution < 1.29 is 14.3 Å². The van der Waals surface area contributed by atoms with Crippen LogP contribution in [0.3, 0.4) is 0 Å². The van der Waals surface area contributed by atoms with Gasteiger partial charge in [0.25, 0.3) is 0 Å². The van der Waals surface area contributed by atoms with Gasteiger partial charge in [0.2, 0.25) is 11.8 Å². The molecule has 0 spiro atoms. The predicted octanol–water partition coefficient (Wildman–Crippen LogP) is 3.48. The minimum absolute atomic E-state index is 0.0305. The fourth-order valence-corrected chi connectivity index (χ4v) is 3.58. The molecule has 142 valence electrons. The summed E-state index contributed by atoms with van der Waals surface area (Å²) >= 11 is 0. The van der Waals surface area contributed by atoms with E-state index in [-0.39, 0.29) is 24.2 Å². The van der Waals surface area contributed by atoms with Crippen LogP contribution in [0.1, 0.15) is 48.7 Å². The highest BCUT2D eigenvalue weighted by molar-refractivity contribution is 6.06. The van der Waals surface area contributed by atoms with E-state index in [1.807, 2.05) is 52.0 Å². The van der Waals surface area contributed by atoms with E-state index in [2.05, 4.69) is 22.4 Å². The molecule has 2 aromatic rings. The summed E-state index contributed by atoms with van der Waals surface area (Å²) in [6.07, 6.45) is 1.04. The minimum Gasteiger partial charge on any atom is -0.493 e. The number of imide groups is 1. The second kappa shape index (κ2) is 7.51. The summed E-state index contributed by atoms with van der Waals surface area (Å²) in [5, 5.41) is 2.42. The van der Waals surface area contributed by atoms with Crippen LogP contribution in [0.25, 0.3) is 0 Å². The number of amides is 2. The summed E-state index contributed by atoms with van der Waals surface area (Å²) in [6, 6.07) is 12.1. The van der Waals surface area contributed by atoms with Gasteiger partial charge in [-0.25, -0.2) is 0 Å². The second-order valence-electron chi connectivity index (χ2n) is 7.62. The van der Waals surface area contributed by atoms with Crippen LogP contribution in [0.4, 0.5) is 0 Å². The highest BCUT2D eigenvalue weighted by Gasteiger charge is 2.46. The van der Waals surface area contributed by atoms with E-state index in [0.29, 0.717) is 6.61 Å². The zero-order chi connectivity index (χ0) is 19.6. The number of nitrogens with one attached hydrogen (secondary N) is 1. The molecule has 1 N–H and O–H groups in total. The molecule has 1 aliphatic rings. The monoisotopic (exact) mass is 366 g/mol. The zero-order valence-electron chi connectivity index (χ0n) is 16.3. The van der Waals surface area contributed by atoms with Gasteiger partial charge in [0, 0.05) is 36.4 Å². The first-order chi connectivity index (χ1) is 12.8. The summed E-state index contributed by atoms with van der Waals surface area (Å²) in [4.78, 5) is 28.1. The standard InChI is InChI=1S/C22H26N2O3/c1-14-11-19(12-15(2)23-14)27-10-9-17-5-7-18(8-6-17)16(3)22(4)13-20(25)24-21(22)26/h5-8,11-12,16H,9-10,13H2,1-4H3,(H,24,25,26)/t16?,22-/m0/s1. The van der Waals surface area contributed by atoms with Gasteiger partial charge in [-0.2, -0.15) is 0 Å². The minimum atomic E-state index is -0.682. The first-order valence-electron chi connectivity index (χ1n) is 9.29. The van der Waals surface area contributed by atoms with Crippen molar-refractivity contribution in [3.8, 4) is 5.75 Å². The van der Waals surface area contributed by atoms with Crippen molar-refractivity contribution in [2.75, 3.05) is 6.61 Å². The Balaban J connectivity index is 1.60. The molecule has 1 saturated heterocycles. The molecule has 1 unspecified atom stereocenters. The topological polar surface area (TPSA) is 68.3 Å². The van der Waals surface area contributed by atoms with E-state index in [1.165, 1.54) is 5.56 Å². The van der Waals surface area contributed by atoms with Crippen LogP contribution in [0.2, 0.25) is 0 Å². The van der Waals surface area contributed by atoms with Gasteiger partial charge in [-0.05, 0) is 37.8 Å². The molecule has 2 amide bonds. The van der Waals surface area contributed by atoms with E-state index in [9.17, 15) is 9.59 Å². The molecule has 0 saturated carbocycles. The Morgan fingerprint density at radius 2 is 1.78 bits per heavy atom. The second-order valence-corrected chi connectivity index (χ2v) is 7.62. The van der Waals surface area contributed by atoms with E-state index in [4.69, 9.17) is 4.74 Å². The number of hydrogen-bond acceptors (Lipinski definition) is 4. The van der Waals surface area contributed by atoms with Crippen LogP contribution < -0.4 is 10.1 Å². The first kappa shape index (κ1) is 19.1. The smallest absolute Gasteiger partial charge is 0.233 e. The normalized spacial score (nSPS) is 20.4. The van der Waals surface area contributed by atoms with Crippen molar-refractivity contribution in [3.05, 3.63) is 58.9 Å². The lowest BCUT2D eigenvalue weighted by molar-refractivity contribution is -0.128. The highest BCUT2D eigenvalue weighted by atomic mass is 16.5. The number of carbonyl (C=O) groups excluding carboxylic acids is 2. The van der Waals surface area contributed by atoms with Crippen LogP contribution >= 0.6 is 0 Å². The molecule has 0 aliphatic carbocycles. The first-order valence-corrected chi connectivity index (χ1v) is 9.29. The van der Waals surface area contributed by atoms with Crippen LogP contribution in [0, 0.1) is 19.3 Å². The number of aromatic nitrogens is 1. The number of pyridine rings is 1. The fraction of sp³-hybridized carbons (Fsp3) is 0.409. The summed E-state index contributed by atoms with van der Waals surface area (Å²) < 4.78 is 5.84. The fourth-order valence-electron chi connectivity index (χ4n) is 3.58. The van der Waals surface area contributed by atoms with E-state index in [1.54, 1.807) is 0 Å². The van der Waals surface area contributed by atoms with Crippen LogP contribution in [0.15, 0.2) is 36.4 Å². The summed E-state index contributed by atoms with van der Waals surface area (Å²) in [7, 11) is 0. The third-order valence-corrected chi connectivity index (χ3v) is 5.45. The Morgan fingerprint density at radius 1 is 1.15 bits per heavy atom. The van der Waals surface area contributed by atoms with Crippen LogP contribution in [-0.4, -0.2) is 23.4 Å². The van der Waals surface area contributed by atoms with Crippen LogP contribution in [0.5, 0.6) is 5.75 Å². The molecular weight excluding hydrogens is 340 g/mol. The molecule has 5 nitrogen and oxygen atoms in total. The van der Waals surface area contributed by atoms with Gasteiger partial charge in [0.05, 0.1) is 12.0 Å². The van der Waals surface area contributed by atoms with Gasteiger partial charge >= 0.3 is 0 Å². The molecule has 1 fully saturated rings. The van der Waals surface area contributed by atoms with Crippen molar-refractivity contribution in [2.24, 2.45) is 5.41 Å². The maximum atomic E-state index is 12.2. The van der Waals surface area contributed by atoms with E-state index < -0.39 is 5.41 Å². The van der Waals surface area contributed by atoms with Crippen molar-refractivity contribution >= 4 is 11.8 Å². The van der Waals surface area contributed by atoms with Gasteiger partial charge in [-0.1, -0.05) is 31.2 Å². The number of hydrogen-bond donors (Lipinski definition) is 1. The third-order valence-electron chi connectivity index (χ3n) is 5.45. The average molecular weight is 366 g/mol. The average Bonchev–Trinajstić information content (AvgIpc) is 2.87. The van der Waals surface area contributed by atoms with Gasteiger partial charge in [-0.3, -0.25) is 19.9 Å². The third kappa shape index (κ3) is 4.18. The molecule has 1 aromatic heterocycles. The Kier molecular flexibility index (Phi) is 5.31. The molecule has 5 heteroatoms. The molecule has 2 heterocycles. The van der Waals surface area contributed by atoms with E-state index in [0.717, 1.165) is 29.1 Å². The molecule has 0 bridgehead atoms. The lowest BCUT2D eigenvalue weighted by Crippen LogP contribution is -2.33. The number of nitrogens with zero attached hydrogens (tertiary/aromatic N) is 1. The molecule has 1 aromatic carbocycles. The van der Waals surface area contributed by atoms with Gasteiger partial charge in [0.1, 0.15) is 5.75 Å². The SMILES string of the molecule is Cc1cc(OCCc2ccc(C(C)[C@]3(C)CC(=O)NC3=O)cc2)cc(C)n1. The maximum absolute atomic E-state index is 12.2. The highest BCUT2D eigenvalue weighted by Crippen LogP contribution is 2.41. The number of ether oxygens (including phenoxy) is 1. The molecule has 2 atom stereocenters. The molecule has 1 aliphatic heterocycles. The van der Waals surface area contributed by atoms with Gasteiger partial charge in [0.15, 0.2) is 0 Å². The summed E-state index contributed by atoms with van der Waals surface area (Å²) in [5.74, 6) is 0.442. The maximum Gasteiger partial charge on any atom is 0.233 e. The Hall–Kier alpha value is -2.69. The lowest BCUT2D eigenvalue weighted by Gasteiger charge is -2.28. The van der Waals surface area contributed by atoms with Gasteiger partial charge < -0.3 is 4.74 Å². The Morgan fingerprint density at radius 3 is 2.33 bits per heavy atom. The largest absolute Gasteiger partial charge is 0.493 e. The Bertz CT molecular complexity index is 840. The van der Waals surface area contributed by atoms with Crippen molar-refractivity contribution in [1.29, 1.82) is 0 Å².